The van der Waals surface area contributed by atoms with Crippen LogP contribution in [0.1, 0.15) is 32.0 Å². The standard InChI is InChI=1S/C10H14ClN/c1-7-9(10(2,3)4)5-8(11)6-12-7/h5-6H,1-4H3. The van der Waals surface area contributed by atoms with E-state index >= 15 is 0 Å². The summed E-state index contributed by atoms with van der Waals surface area (Å²) in [4.78, 5) is 4.21. The summed E-state index contributed by atoms with van der Waals surface area (Å²) in [5.74, 6) is 0. The number of aromatic nitrogens is 1. The van der Waals surface area contributed by atoms with Crippen LogP contribution in [0.5, 0.6) is 0 Å². The fraction of sp³-hybridized carbons (Fsp3) is 0.500. The van der Waals surface area contributed by atoms with Gasteiger partial charge in [-0.25, -0.2) is 0 Å². The maximum absolute atomic E-state index is 5.86. The first-order chi connectivity index (χ1) is 5.41. The summed E-state index contributed by atoms with van der Waals surface area (Å²) in [7, 11) is 0. The van der Waals surface area contributed by atoms with Crippen molar-refractivity contribution in [2.75, 3.05) is 0 Å². The quantitative estimate of drug-likeness (QED) is 0.601. The summed E-state index contributed by atoms with van der Waals surface area (Å²) < 4.78 is 0. The number of nitrogens with zero attached hydrogens (tertiary/aromatic N) is 1. The zero-order valence-corrected chi connectivity index (χ0v) is 8.74. The molecule has 0 aromatic carbocycles. The zero-order valence-electron chi connectivity index (χ0n) is 7.98. The highest BCUT2D eigenvalue weighted by Crippen LogP contribution is 2.26. The molecule has 1 aromatic heterocycles. The molecular weight excluding hydrogens is 170 g/mol. The molecule has 1 nitrogen and oxygen atoms in total. The number of hydrogen-bond acceptors (Lipinski definition) is 1. The minimum atomic E-state index is 0.127. The van der Waals surface area contributed by atoms with Gasteiger partial charge in [0.1, 0.15) is 0 Å². The van der Waals surface area contributed by atoms with Crippen LogP contribution in [0, 0.1) is 6.92 Å². The molecule has 66 valence electrons. The number of halogens is 1. The third-order valence-corrected chi connectivity index (χ3v) is 2.07. The summed E-state index contributed by atoms with van der Waals surface area (Å²) in [5.41, 5.74) is 2.41. The highest BCUT2D eigenvalue weighted by Gasteiger charge is 2.16. The minimum absolute atomic E-state index is 0.127. The first-order valence-electron chi connectivity index (χ1n) is 4.04. The van der Waals surface area contributed by atoms with Gasteiger partial charge in [-0.05, 0) is 24.0 Å². The molecule has 0 radical (unpaired) electrons. The molecule has 0 fully saturated rings. The Morgan fingerprint density at radius 3 is 2.33 bits per heavy atom. The van der Waals surface area contributed by atoms with Gasteiger partial charge in [0.25, 0.3) is 0 Å². The Kier molecular flexibility index (Phi) is 2.43. The van der Waals surface area contributed by atoms with Crippen LogP contribution >= 0.6 is 11.6 Å². The van der Waals surface area contributed by atoms with Crippen molar-refractivity contribution >= 4 is 11.6 Å². The normalized spacial score (nSPS) is 11.8. The second-order valence-electron chi connectivity index (χ2n) is 4.04. The number of rotatable bonds is 0. The lowest BCUT2D eigenvalue weighted by Crippen LogP contribution is -2.13. The predicted octanol–water partition coefficient (Wildman–Crippen LogP) is 3.34. The lowest BCUT2D eigenvalue weighted by molar-refractivity contribution is 0.582. The molecule has 0 spiro atoms. The molecule has 0 aliphatic carbocycles. The SMILES string of the molecule is Cc1ncc(Cl)cc1C(C)(C)C. The van der Waals surface area contributed by atoms with E-state index in [0.717, 1.165) is 5.69 Å². The number of aryl methyl sites for hydroxylation is 1. The minimum Gasteiger partial charge on any atom is -0.260 e. The van der Waals surface area contributed by atoms with Gasteiger partial charge in [0.05, 0.1) is 5.02 Å². The van der Waals surface area contributed by atoms with Crippen molar-refractivity contribution in [1.29, 1.82) is 0 Å². The fourth-order valence-electron chi connectivity index (χ4n) is 1.27. The second-order valence-corrected chi connectivity index (χ2v) is 4.47. The Labute approximate surface area is 78.8 Å². The smallest absolute Gasteiger partial charge is 0.0592 e. The lowest BCUT2D eigenvalue weighted by Gasteiger charge is -2.20. The second kappa shape index (κ2) is 3.06. The monoisotopic (exact) mass is 183 g/mol. The Bertz CT molecular complexity index is 286. The summed E-state index contributed by atoms with van der Waals surface area (Å²) in [6.07, 6.45) is 1.69. The molecule has 0 saturated heterocycles. The predicted molar refractivity (Wildman–Crippen MR) is 52.7 cm³/mol. The molecule has 2 heteroatoms. The van der Waals surface area contributed by atoms with E-state index in [4.69, 9.17) is 11.6 Å². The van der Waals surface area contributed by atoms with Crippen molar-refractivity contribution in [2.24, 2.45) is 0 Å². The highest BCUT2D eigenvalue weighted by atomic mass is 35.5. The van der Waals surface area contributed by atoms with Crippen LogP contribution in [0.3, 0.4) is 0 Å². The average Bonchev–Trinajstić information content (AvgIpc) is 1.92. The van der Waals surface area contributed by atoms with Crippen molar-refractivity contribution in [2.45, 2.75) is 33.1 Å². The molecular formula is C10H14ClN. The largest absolute Gasteiger partial charge is 0.260 e. The molecule has 0 aliphatic heterocycles. The molecule has 1 aromatic rings. The fourth-order valence-corrected chi connectivity index (χ4v) is 1.42. The van der Waals surface area contributed by atoms with Gasteiger partial charge in [0.15, 0.2) is 0 Å². The molecule has 0 unspecified atom stereocenters. The molecule has 0 amide bonds. The lowest BCUT2D eigenvalue weighted by atomic mass is 9.86. The van der Waals surface area contributed by atoms with E-state index in [1.54, 1.807) is 6.20 Å². The average molecular weight is 184 g/mol. The maximum Gasteiger partial charge on any atom is 0.0592 e. The first kappa shape index (κ1) is 9.53. The molecule has 0 bridgehead atoms. The van der Waals surface area contributed by atoms with Crippen LogP contribution in [0.15, 0.2) is 12.3 Å². The molecule has 0 atom stereocenters. The van der Waals surface area contributed by atoms with Crippen LogP contribution in [0.25, 0.3) is 0 Å². The van der Waals surface area contributed by atoms with Crippen LogP contribution in [0.2, 0.25) is 5.02 Å². The summed E-state index contributed by atoms with van der Waals surface area (Å²) in [5, 5.41) is 0.713. The molecule has 0 N–H and O–H groups in total. The van der Waals surface area contributed by atoms with E-state index in [0.29, 0.717) is 5.02 Å². The van der Waals surface area contributed by atoms with E-state index in [1.165, 1.54) is 5.56 Å². The van der Waals surface area contributed by atoms with Crippen LogP contribution in [-0.2, 0) is 5.41 Å². The van der Waals surface area contributed by atoms with Crippen molar-refractivity contribution in [3.8, 4) is 0 Å². The van der Waals surface area contributed by atoms with E-state index < -0.39 is 0 Å². The van der Waals surface area contributed by atoms with Gasteiger partial charge < -0.3 is 0 Å². The van der Waals surface area contributed by atoms with Gasteiger partial charge in [0, 0.05) is 11.9 Å². The summed E-state index contributed by atoms with van der Waals surface area (Å²) in [6, 6.07) is 1.99. The topological polar surface area (TPSA) is 12.9 Å². The van der Waals surface area contributed by atoms with Crippen molar-refractivity contribution < 1.29 is 0 Å². The van der Waals surface area contributed by atoms with E-state index in [2.05, 4.69) is 25.8 Å². The van der Waals surface area contributed by atoms with E-state index in [1.807, 2.05) is 13.0 Å². The van der Waals surface area contributed by atoms with Gasteiger partial charge in [0.2, 0.25) is 0 Å². The summed E-state index contributed by atoms with van der Waals surface area (Å²) in [6.45, 7) is 8.49. The van der Waals surface area contributed by atoms with Crippen molar-refractivity contribution in [3.05, 3.63) is 28.5 Å². The van der Waals surface area contributed by atoms with Gasteiger partial charge in [-0.15, -0.1) is 0 Å². The molecule has 0 aliphatic rings. The summed E-state index contributed by atoms with van der Waals surface area (Å²) >= 11 is 5.86. The molecule has 1 rings (SSSR count). The van der Waals surface area contributed by atoms with E-state index in [-0.39, 0.29) is 5.41 Å². The zero-order chi connectivity index (χ0) is 9.35. The Morgan fingerprint density at radius 2 is 1.92 bits per heavy atom. The van der Waals surface area contributed by atoms with Gasteiger partial charge in [-0.1, -0.05) is 32.4 Å². The number of pyridine rings is 1. The number of hydrogen-bond donors (Lipinski definition) is 0. The van der Waals surface area contributed by atoms with Crippen molar-refractivity contribution in [3.63, 3.8) is 0 Å². The third kappa shape index (κ3) is 1.98. The first-order valence-corrected chi connectivity index (χ1v) is 4.41. The molecule has 1 heterocycles. The van der Waals surface area contributed by atoms with Crippen LogP contribution in [0.4, 0.5) is 0 Å². The maximum atomic E-state index is 5.86. The van der Waals surface area contributed by atoms with Crippen LogP contribution in [-0.4, -0.2) is 4.98 Å². The van der Waals surface area contributed by atoms with Gasteiger partial charge in [-0.2, -0.15) is 0 Å². The Morgan fingerprint density at radius 1 is 1.33 bits per heavy atom. The van der Waals surface area contributed by atoms with E-state index in [9.17, 15) is 0 Å². The Hall–Kier alpha value is -0.560. The molecule has 0 saturated carbocycles. The van der Waals surface area contributed by atoms with Gasteiger partial charge in [-0.3, -0.25) is 4.98 Å². The highest BCUT2D eigenvalue weighted by molar-refractivity contribution is 6.30. The van der Waals surface area contributed by atoms with Crippen LogP contribution < -0.4 is 0 Å². The third-order valence-electron chi connectivity index (χ3n) is 1.86. The Balaban J connectivity index is 3.23. The van der Waals surface area contributed by atoms with Gasteiger partial charge >= 0.3 is 0 Å². The molecule has 12 heavy (non-hydrogen) atoms. The van der Waals surface area contributed by atoms with Crippen molar-refractivity contribution in [1.82, 2.24) is 4.98 Å².